The molecule has 1 aliphatic heterocycles. The number of carbonyl (C=O) groups excluding carboxylic acids is 2. The number of nitrogens with one attached hydrogen (secondary N) is 2. The second-order valence-corrected chi connectivity index (χ2v) is 6.65. The van der Waals surface area contributed by atoms with Crippen LogP contribution in [0.1, 0.15) is 23.7 Å². The van der Waals surface area contributed by atoms with Crippen LogP contribution in [0.3, 0.4) is 0 Å². The summed E-state index contributed by atoms with van der Waals surface area (Å²) >= 11 is 0. The number of alkyl halides is 1. The van der Waals surface area contributed by atoms with E-state index in [0.29, 0.717) is 22.9 Å². The summed E-state index contributed by atoms with van der Waals surface area (Å²) in [4.78, 5) is 32.7. The van der Waals surface area contributed by atoms with Crippen LogP contribution in [0.5, 0.6) is 11.6 Å². The summed E-state index contributed by atoms with van der Waals surface area (Å²) in [5.41, 5.74) is 8.81. The minimum absolute atomic E-state index is 0.0453. The average molecular weight is 406 g/mol. The molecule has 3 atom stereocenters. The van der Waals surface area contributed by atoms with E-state index in [-0.39, 0.29) is 23.8 Å². The number of fused-ring (bicyclic) bond motifs is 1. The Morgan fingerprint density at radius 3 is 2.72 bits per heavy atom. The number of primary amides is 1. The Balaban J connectivity index is 1.98. The number of carbonyl (C=O) groups is 2. The van der Waals surface area contributed by atoms with E-state index in [1.165, 1.54) is 20.4 Å². The fraction of sp³-hybridized carbons (Fsp3) is 0.421. The number of hydrogen-bond acceptors (Lipinski definition) is 7. The number of methoxy groups -OCH3 is 1. The molecule has 2 heterocycles. The Bertz CT molecular complexity index is 938. The van der Waals surface area contributed by atoms with Gasteiger partial charge in [0.15, 0.2) is 6.17 Å². The summed E-state index contributed by atoms with van der Waals surface area (Å²) in [5, 5.41) is 3.71. The first-order chi connectivity index (χ1) is 13.9. The van der Waals surface area contributed by atoms with Crippen molar-refractivity contribution in [1.82, 2.24) is 10.3 Å². The number of ether oxygens (including phenoxy) is 2. The van der Waals surface area contributed by atoms with Crippen molar-refractivity contribution in [1.29, 1.82) is 0 Å². The van der Waals surface area contributed by atoms with Gasteiger partial charge in [-0.3, -0.25) is 19.9 Å². The number of halogens is 1. The highest BCUT2D eigenvalue weighted by Crippen LogP contribution is 2.35. The van der Waals surface area contributed by atoms with Crippen molar-refractivity contribution in [3.8, 4) is 11.6 Å². The zero-order valence-electron chi connectivity index (χ0n) is 16.3. The first kappa shape index (κ1) is 20.6. The molecule has 10 heteroatoms. The molecule has 0 aliphatic carbocycles. The Morgan fingerprint density at radius 2 is 2.10 bits per heavy atom. The van der Waals surface area contributed by atoms with Gasteiger partial charge in [-0.05, 0) is 18.6 Å². The monoisotopic (exact) mass is 406 g/mol. The summed E-state index contributed by atoms with van der Waals surface area (Å²) in [6, 6.07) is 2.67. The second-order valence-electron chi connectivity index (χ2n) is 6.65. The van der Waals surface area contributed by atoms with Crippen LogP contribution in [0, 0.1) is 5.92 Å². The summed E-state index contributed by atoms with van der Waals surface area (Å²) in [5.74, 6) is -1.26. The van der Waals surface area contributed by atoms with Gasteiger partial charge in [-0.25, -0.2) is 9.37 Å². The Morgan fingerprint density at radius 1 is 1.34 bits per heavy atom. The smallest absolute Gasteiger partial charge is 0.255 e. The minimum atomic E-state index is -1.55. The standard InChI is InChI=1S/C19H23FN4O5/c1-4-9-14(23-18(26)16(9)20)8-29-19-11-6-15(27-2)12(17(21)25)5-10(11)13(7-22-19)24-28-3/h5-7,9,14,16,24H,4,8H2,1-3H3,(H2,21,25)(H,23,26). The van der Waals surface area contributed by atoms with Gasteiger partial charge in [0.1, 0.15) is 12.4 Å². The third-order valence-corrected chi connectivity index (χ3v) is 4.99. The molecule has 0 saturated carbocycles. The lowest BCUT2D eigenvalue weighted by molar-refractivity contribution is -0.123. The van der Waals surface area contributed by atoms with Gasteiger partial charge < -0.3 is 20.5 Å². The van der Waals surface area contributed by atoms with E-state index in [4.69, 9.17) is 20.0 Å². The molecule has 0 bridgehead atoms. The van der Waals surface area contributed by atoms with Gasteiger partial charge in [0.2, 0.25) is 5.88 Å². The molecule has 4 N–H and O–H groups in total. The predicted molar refractivity (Wildman–Crippen MR) is 104 cm³/mol. The lowest BCUT2D eigenvalue weighted by atomic mass is 9.97. The fourth-order valence-electron chi connectivity index (χ4n) is 3.50. The fourth-order valence-corrected chi connectivity index (χ4v) is 3.50. The summed E-state index contributed by atoms with van der Waals surface area (Å²) in [7, 11) is 2.86. The molecule has 3 unspecified atom stereocenters. The van der Waals surface area contributed by atoms with Crippen LogP contribution in [0.4, 0.5) is 10.1 Å². The van der Waals surface area contributed by atoms with E-state index in [1.54, 1.807) is 12.1 Å². The molecule has 1 aromatic carbocycles. The Hall–Kier alpha value is -3.14. The highest BCUT2D eigenvalue weighted by Gasteiger charge is 2.41. The number of pyridine rings is 1. The van der Waals surface area contributed by atoms with Gasteiger partial charge in [-0.15, -0.1) is 0 Å². The van der Waals surface area contributed by atoms with E-state index < -0.39 is 29.9 Å². The normalized spacial score (nSPS) is 21.1. The van der Waals surface area contributed by atoms with Crippen LogP contribution in [0.15, 0.2) is 18.3 Å². The molecular weight excluding hydrogens is 383 g/mol. The predicted octanol–water partition coefficient (Wildman–Crippen LogP) is 1.56. The maximum Gasteiger partial charge on any atom is 0.255 e. The third-order valence-electron chi connectivity index (χ3n) is 4.99. The van der Waals surface area contributed by atoms with E-state index >= 15 is 0 Å². The summed E-state index contributed by atoms with van der Waals surface area (Å²) in [6.45, 7) is 1.86. The van der Waals surface area contributed by atoms with Crippen LogP contribution in [0.2, 0.25) is 0 Å². The molecule has 3 rings (SSSR count). The lowest BCUT2D eigenvalue weighted by Crippen LogP contribution is -2.34. The van der Waals surface area contributed by atoms with Crippen molar-refractivity contribution in [2.75, 3.05) is 26.3 Å². The number of nitrogens with zero attached hydrogens (tertiary/aromatic N) is 1. The highest BCUT2D eigenvalue weighted by molar-refractivity contribution is 6.05. The van der Waals surface area contributed by atoms with Crippen LogP contribution in [-0.4, -0.2) is 49.8 Å². The van der Waals surface area contributed by atoms with Crippen LogP contribution in [0.25, 0.3) is 10.8 Å². The van der Waals surface area contributed by atoms with Crippen molar-refractivity contribution in [2.24, 2.45) is 11.7 Å². The molecule has 1 aliphatic rings. The molecule has 0 spiro atoms. The topological polar surface area (TPSA) is 125 Å². The zero-order chi connectivity index (χ0) is 21.1. The number of rotatable bonds is 8. The number of hydrogen-bond donors (Lipinski definition) is 3. The van der Waals surface area contributed by atoms with Gasteiger partial charge in [0, 0.05) is 16.7 Å². The van der Waals surface area contributed by atoms with Gasteiger partial charge in [-0.1, -0.05) is 6.92 Å². The molecule has 2 aromatic rings. The van der Waals surface area contributed by atoms with E-state index in [2.05, 4.69) is 15.8 Å². The van der Waals surface area contributed by atoms with Crippen molar-refractivity contribution < 1.29 is 28.3 Å². The van der Waals surface area contributed by atoms with Crippen molar-refractivity contribution in [3.05, 3.63) is 23.9 Å². The molecule has 0 radical (unpaired) electrons. The molecule has 1 fully saturated rings. The molecule has 1 saturated heterocycles. The average Bonchev–Trinajstić information content (AvgIpc) is 2.99. The summed E-state index contributed by atoms with van der Waals surface area (Å²) in [6.07, 6.45) is 0.417. The van der Waals surface area contributed by atoms with Gasteiger partial charge in [0.25, 0.3) is 11.8 Å². The van der Waals surface area contributed by atoms with Crippen LogP contribution < -0.4 is 26.0 Å². The second kappa shape index (κ2) is 8.48. The Kier molecular flexibility index (Phi) is 6.02. The van der Waals surface area contributed by atoms with Crippen molar-refractivity contribution in [2.45, 2.75) is 25.6 Å². The van der Waals surface area contributed by atoms with E-state index in [9.17, 15) is 14.0 Å². The van der Waals surface area contributed by atoms with E-state index in [0.717, 1.165) is 0 Å². The summed E-state index contributed by atoms with van der Waals surface area (Å²) < 4.78 is 25.1. The maximum atomic E-state index is 14.0. The Labute approximate surface area is 166 Å². The number of amides is 2. The first-order valence-corrected chi connectivity index (χ1v) is 9.08. The molecule has 156 valence electrons. The van der Waals surface area contributed by atoms with Crippen LogP contribution in [-0.2, 0) is 9.63 Å². The molecule has 1 aromatic heterocycles. The van der Waals surface area contributed by atoms with Crippen LogP contribution >= 0.6 is 0 Å². The number of benzene rings is 1. The lowest BCUT2D eigenvalue weighted by Gasteiger charge is -2.19. The SMILES string of the molecule is CCC1C(COc2ncc(NOC)c3cc(C(N)=O)c(OC)cc23)NC(=O)C1F. The van der Waals surface area contributed by atoms with E-state index in [1.807, 2.05) is 6.92 Å². The molecular formula is C19H23FN4O5. The first-order valence-electron chi connectivity index (χ1n) is 9.08. The number of anilines is 1. The van der Waals surface area contributed by atoms with Crippen molar-refractivity contribution in [3.63, 3.8) is 0 Å². The maximum absolute atomic E-state index is 14.0. The largest absolute Gasteiger partial charge is 0.496 e. The zero-order valence-corrected chi connectivity index (χ0v) is 16.3. The number of nitrogens with two attached hydrogens (primary N) is 1. The number of aromatic nitrogens is 1. The van der Waals surface area contributed by atoms with Gasteiger partial charge in [0.05, 0.1) is 37.7 Å². The molecule has 29 heavy (non-hydrogen) atoms. The van der Waals surface area contributed by atoms with Gasteiger partial charge in [-0.2, -0.15) is 0 Å². The van der Waals surface area contributed by atoms with Gasteiger partial charge >= 0.3 is 0 Å². The van der Waals surface area contributed by atoms with Crippen molar-refractivity contribution >= 4 is 28.3 Å². The molecule has 9 nitrogen and oxygen atoms in total. The minimum Gasteiger partial charge on any atom is -0.496 e. The third kappa shape index (κ3) is 3.88. The highest BCUT2D eigenvalue weighted by atomic mass is 19.1. The molecule has 2 amide bonds. The quantitative estimate of drug-likeness (QED) is 0.568.